The first-order valence-corrected chi connectivity index (χ1v) is 6.35. The predicted molar refractivity (Wildman–Crippen MR) is 70.3 cm³/mol. The molecule has 1 saturated heterocycles. The van der Waals surface area contributed by atoms with Crippen molar-refractivity contribution in [3.8, 4) is 0 Å². The summed E-state index contributed by atoms with van der Waals surface area (Å²) >= 11 is 0. The Hall–Kier alpha value is -1.39. The third kappa shape index (κ3) is 3.09. The topological polar surface area (TPSA) is 55.6 Å². The number of rotatable bonds is 3. The van der Waals surface area contributed by atoms with Crippen LogP contribution in [0.1, 0.15) is 28.8 Å². The van der Waals surface area contributed by atoms with Gasteiger partial charge in [-0.05, 0) is 31.0 Å². The molecule has 1 atom stereocenters. The standard InChI is InChI=1S/C14H20N2O2/c1-18-14(17)13-7-3-2-5-11(13)9-16-8-4-6-12(15)10-16/h2-3,5,7,12H,4,6,8-10,15H2,1H3. The first kappa shape index (κ1) is 13.1. The van der Waals surface area contributed by atoms with Crippen LogP contribution in [-0.2, 0) is 11.3 Å². The highest BCUT2D eigenvalue weighted by atomic mass is 16.5. The average Bonchev–Trinajstić information content (AvgIpc) is 2.38. The summed E-state index contributed by atoms with van der Waals surface area (Å²) in [7, 11) is 1.41. The van der Waals surface area contributed by atoms with Crippen molar-refractivity contribution in [3.05, 3.63) is 35.4 Å². The summed E-state index contributed by atoms with van der Waals surface area (Å²) in [5, 5.41) is 0. The number of benzene rings is 1. The molecule has 0 aliphatic carbocycles. The Kier molecular flexibility index (Phi) is 4.33. The summed E-state index contributed by atoms with van der Waals surface area (Å²) in [6.07, 6.45) is 2.22. The van der Waals surface area contributed by atoms with E-state index in [1.165, 1.54) is 7.11 Å². The summed E-state index contributed by atoms with van der Waals surface area (Å²) in [5.74, 6) is -0.271. The molecule has 0 radical (unpaired) electrons. The van der Waals surface area contributed by atoms with Gasteiger partial charge in [0.1, 0.15) is 0 Å². The number of ether oxygens (including phenoxy) is 1. The monoisotopic (exact) mass is 248 g/mol. The molecular weight excluding hydrogens is 228 g/mol. The smallest absolute Gasteiger partial charge is 0.338 e. The molecule has 1 aliphatic heterocycles. The molecule has 0 bridgehead atoms. The zero-order valence-electron chi connectivity index (χ0n) is 10.8. The van der Waals surface area contributed by atoms with Gasteiger partial charge in [-0.15, -0.1) is 0 Å². The zero-order chi connectivity index (χ0) is 13.0. The minimum Gasteiger partial charge on any atom is -0.465 e. The summed E-state index contributed by atoms with van der Waals surface area (Å²) in [6.45, 7) is 2.71. The Morgan fingerprint density at radius 1 is 1.50 bits per heavy atom. The minimum absolute atomic E-state index is 0.254. The van der Waals surface area contributed by atoms with Crippen molar-refractivity contribution in [3.63, 3.8) is 0 Å². The van der Waals surface area contributed by atoms with E-state index in [4.69, 9.17) is 10.5 Å². The molecule has 2 rings (SSSR count). The molecule has 1 aromatic carbocycles. The largest absolute Gasteiger partial charge is 0.465 e. The lowest BCUT2D eigenvalue weighted by molar-refractivity contribution is 0.0598. The molecular formula is C14H20N2O2. The van der Waals surface area contributed by atoms with Crippen molar-refractivity contribution in [1.29, 1.82) is 0 Å². The number of nitrogens with zero attached hydrogens (tertiary/aromatic N) is 1. The van der Waals surface area contributed by atoms with Crippen molar-refractivity contribution in [2.24, 2.45) is 5.73 Å². The number of carbonyl (C=O) groups is 1. The fourth-order valence-corrected chi connectivity index (χ4v) is 2.44. The van der Waals surface area contributed by atoms with E-state index in [1.54, 1.807) is 0 Å². The first-order valence-electron chi connectivity index (χ1n) is 6.35. The van der Waals surface area contributed by atoms with Crippen LogP contribution < -0.4 is 5.73 Å². The van der Waals surface area contributed by atoms with Gasteiger partial charge in [-0.25, -0.2) is 4.79 Å². The summed E-state index contributed by atoms with van der Waals surface area (Å²) < 4.78 is 4.81. The van der Waals surface area contributed by atoms with Crippen LogP contribution >= 0.6 is 0 Å². The SMILES string of the molecule is COC(=O)c1ccccc1CN1CCCC(N)C1. The summed E-state index contributed by atoms with van der Waals surface area (Å²) in [4.78, 5) is 14.0. The number of methoxy groups -OCH3 is 1. The molecule has 18 heavy (non-hydrogen) atoms. The fraction of sp³-hybridized carbons (Fsp3) is 0.500. The van der Waals surface area contributed by atoms with Gasteiger partial charge in [-0.2, -0.15) is 0 Å². The number of hydrogen-bond donors (Lipinski definition) is 1. The number of likely N-dealkylation sites (tertiary alicyclic amines) is 1. The fourth-order valence-electron chi connectivity index (χ4n) is 2.44. The molecule has 98 valence electrons. The normalized spacial score (nSPS) is 20.7. The van der Waals surface area contributed by atoms with Gasteiger partial charge in [-0.1, -0.05) is 18.2 Å². The van der Waals surface area contributed by atoms with E-state index in [0.29, 0.717) is 5.56 Å². The summed E-state index contributed by atoms with van der Waals surface area (Å²) in [5.41, 5.74) is 7.63. The van der Waals surface area contributed by atoms with E-state index in [-0.39, 0.29) is 12.0 Å². The molecule has 4 nitrogen and oxygen atoms in total. The summed E-state index contributed by atoms with van der Waals surface area (Å²) in [6, 6.07) is 7.85. The molecule has 0 saturated carbocycles. The third-order valence-electron chi connectivity index (χ3n) is 3.36. The average molecular weight is 248 g/mol. The number of piperidine rings is 1. The van der Waals surface area contributed by atoms with Crippen LogP contribution in [0.4, 0.5) is 0 Å². The van der Waals surface area contributed by atoms with Crippen LogP contribution in [0.15, 0.2) is 24.3 Å². The maximum Gasteiger partial charge on any atom is 0.338 e. The van der Waals surface area contributed by atoms with Crippen LogP contribution in [0.25, 0.3) is 0 Å². The molecule has 0 aromatic heterocycles. The Labute approximate surface area is 108 Å². The van der Waals surface area contributed by atoms with Crippen molar-refractivity contribution in [1.82, 2.24) is 4.90 Å². The first-order chi connectivity index (χ1) is 8.70. The molecule has 1 heterocycles. The number of esters is 1. The maximum atomic E-state index is 11.7. The number of nitrogens with two attached hydrogens (primary N) is 1. The Bertz CT molecular complexity index is 420. The molecule has 4 heteroatoms. The minimum atomic E-state index is -0.271. The van der Waals surface area contributed by atoms with Crippen molar-refractivity contribution in [2.75, 3.05) is 20.2 Å². The highest BCUT2D eigenvalue weighted by Gasteiger charge is 2.19. The van der Waals surface area contributed by atoms with Gasteiger partial charge in [0.15, 0.2) is 0 Å². The van der Waals surface area contributed by atoms with Gasteiger partial charge in [0, 0.05) is 19.1 Å². The molecule has 0 amide bonds. The van der Waals surface area contributed by atoms with E-state index in [1.807, 2.05) is 24.3 Å². The second-order valence-electron chi connectivity index (χ2n) is 4.79. The van der Waals surface area contributed by atoms with Gasteiger partial charge in [0.2, 0.25) is 0 Å². The van der Waals surface area contributed by atoms with Gasteiger partial charge < -0.3 is 10.5 Å². The highest BCUT2D eigenvalue weighted by molar-refractivity contribution is 5.90. The Morgan fingerprint density at radius 2 is 2.28 bits per heavy atom. The van der Waals surface area contributed by atoms with Crippen LogP contribution in [-0.4, -0.2) is 37.1 Å². The van der Waals surface area contributed by atoms with Crippen LogP contribution in [0, 0.1) is 0 Å². The molecule has 1 fully saturated rings. The second kappa shape index (κ2) is 5.98. The van der Waals surface area contributed by atoms with Crippen LogP contribution in [0.3, 0.4) is 0 Å². The van der Waals surface area contributed by atoms with Gasteiger partial charge in [-0.3, -0.25) is 4.90 Å². The van der Waals surface area contributed by atoms with Gasteiger partial charge >= 0.3 is 5.97 Å². The highest BCUT2D eigenvalue weighted by Crippen LogP contribution is 2.16. The van der Waals surface area contributed by atoms with Crippen LogP contribution in [0.5, 0.6) is 0 Å². The molecule has 1 aromatic rings. The van der Waals surface area contributed by atoms with E-state index >= 15 is 0 Å². The van der Waals surface area contributed by atoms with Crippen molar-refractivity contribution < 1.29 is 9.53 Å². The van der Waals surface area contributed by atoms with E-state index in [0.717, 1.165) is 38.0 Å². The van der Waals surface area contributed by atoms with E-state index in [2.05, 4.69) is 4.90 Å². The Balaban J connectivity index is 2.10. The van der Waals surface area contributed by atoms with Gasteiger partial charge in [0.05, 0.1) is 12.7 Å². The Morgan fingerprint density at radius 3 is 3.00 bits per heavy atom. The number of hydrogen-bond acceptors (Lipinski definition) is 4. The lowest BCUT2D eigenvalue weighted by atomic mass is 10.0. The molecule has 2 N–H and O–H groups in total. The zero-order valence-corrected chi connectivity index (χ0v) is 10.8. The predicted octanol–water partition coefficient (Wildman–Crippen LogP) is 1.40. The third-order valence-corrected chi connectivity index (χ3v) is 3.36. The van der Waals surface area contributed by atoms with Crippen molar-refractivity contribution >= 4 is 5.97 Å². The molecule has 1 aliphatic rings. The van der Waals surface area contributed by atoms with Crippen molar-refractivity contribution in [2.45, 2.75) is 25.4 Å². The maximum absolute atomic E-state index is 11.7. The van der Waals surface area contributed by atoms with Crippen LogP contribution in [0.2, 0.25) is 0 Å². The lowest BCUT2D eigenvalue weighted by Gasteiger charge is -2.31. The van der Waals surface area contributed by atoms with Gasteiger partial charge in [0.25, 0.3) is 0 Å². The second-order valence-corrected chi connectivity index (χ2v) is 4.79. The lowest BCUT2D eigenvalue weighted by Crippen LogP contribution is -2.42. The molecule has 1 unspecified atom stereocenters. The quantitative estimate of drug-likeness (QED) is 0.821. The van der Waals surface area contributed by atoms with E-state index < -0.39 is 0 Å². The van der Waals surface area contributed by atoms with E-state index in [9.17, 15) is 4.79 Å². The molecule has 0 spiro atoms. The number of carbonyl (C=O) groups excluding carboxylic acids is 1.